The van der Waals surface area contributed by atoms with Crippen LogP contribution in [0.15, 0.2) is 0 Å². The van der Waals surface area contributed by atoms with Crippen LogP contribution in [0.2, 0.25) is 0 Å². The Morgan fingerprint density at radius 3 is 2.61 bits per heavy atom. The molecule has 0 aromatic carbocycles. The maximum absolute atomic E-state index is 11.9. The van der Waals surface area contributed by atoms with Crippen LogP contribution in [-0.4, -0.2) is 16.8 Å². The van der Waals surface area contributed by atoms with Crippen LogP contribution < -0.4 is 5.32 Å². The summed E-state index contributed by atoms with van der Waals surface area (Å²) in [6.07, 6.45) is 13.0. The highest BCUT2D eigenvalue weighted by Gasteiger charge is 2.22. The molecule has 0 spiro atoms. The summed E-state index contributed by atoms with van der Waals surface area (Å²) in [4.78, 5) is 12.3. The van der Waals surface area contributed by atoms with E-state index in [2.05, 4.69) is 28.2 Å². The Morgan fingerprint density at radius 1 is 1.11 bits per heavy atom. The Bertz CT molecular complexity index is 233. The number of unbranched alkanes of at least 4 members (excludes halogenated alkanes) is 4. The van der Waals surface area contributed by atoms with Gasteiger partial charge < -0.3 is 5.32 Å². The SMILES string of the molecule is CCCCCCCC(=O)NC1CCCCCC1Br. The van der Waals surface area contributed by atoms with Crippen molar-refractivity contribution in [1.82, 2.24) is 5.32 Å². The first kappa shape index (κ1) is 16.0. The van der Waals surface area contributed by atoms with Crippen molar-refractivity contribution in [1.29, 1.82) is 0 Å². The number of nitrogens with one attached hydrogen (secondary N) is 1. The van der Waals surface area contributed by atoms with Gasteiger partial charge in [-0.1, -0.05) is 67.8 Å². The minimum atomic E-state index is 0.253. The molecule has 2 nitrogen and oxygen atoms in total. The summed E-state index contributed by atoms with van der Waals surface area (Å²) in [6, 6.07) is 0.357. The van der Waals surface area contributed by atoms with Gasteiger partial charge in [0.05, 0.1) is 0 Å². The van der Waals surface area contributed by atoms with E-state index in [0.717, 1.165) is 12.8 Å². The number of rotatable bonds is 7. The van der Waals surface area contributed by atoms with Gasteiger partial charge in [-0.25, -0.2) is 0 Å². The second-order valence-corrected chi connectivity index (χ2v) is 6.67. The van der Waals surface area contributed by atoms with Gasteiger partial charge in [0.1, 0.15) is 0 Å². The molecule has 0 aromatic heterocycles. The number of halogens is 1. The molecule has 0 bridgehead atoms. The molecule has 1 N–H and O–H groups in total. The van der Waals surface area contributed by atoms with Gasteiger partial charge in [-0.05, 0) is 19.3 Å². The van der Waals surface area contributed by atoms with E-state index in [1.165, 1.54) is 51.4 Å². The minimum Gasteiger partial charge on any atom is -0.352 e. The summed E-state index contributed by atoms with van der Waals surface area (Å²) in [7, 11) is 0. The highest BCUT2D eigenvalue weighted by molar-refractivity contribution is 9.09. The van der Waals surface area contributed by atoms with E-state index < -0.39 is 0 Å². The molecule has 3 heteroatoms. The van der Waals surface area contributed by atoms with Gasteiger partial charge in [-0.2, -0.15) is 0 Å². The van der Waals surface area contributed by atoms with Gasteiger partial charge in [-0.3, -0.25) is 4.79 Å². The van der Waals surface area contributed by atoms with E-state index in [1.807, 2.05) is 0 Å². The first-order valence-electron chi connectivity index (χ1n) is 7.67. The minimum absolute atomic E-state index is 0.253. The topological polar surface area (TPSA) is 29.1 Å². The number of carbonyl (C=O) groups excluding carboxylic acids is 1. The number of hydrogen-bond donors (Lipinski definition) is 1. The Labute approximate surface area is 120 Å². The zero-order chi connectivity index (χ0) is 13.2. The van der Waals surface area contributed by atoms with Crippen LogP contribution in [-0.2, 0) is 4.79 Å². The Hall–Kier alpha value is -0.0500. The molecule has 1 amide bonds. The van der Waals surface area contributed by atoms with E-state index in [9.17, 15) is 4.79 Å². The molecule has 1 aliphatic carbocycles. The molecule has 0 aliphatic heterocycles. The molecule has 0 radical (unpaired) electrons. The Morgan fingerprint density at radius 2 is 1.83 bits per heavy atom. The van der Waals surface area contributed by atoms with Crippen molar-refractivity contribution in [3.63, 3.8) is 0 Å². The average Bonchev–Trinajstić information content (AvgIpc) is 2.55. The van der Waals surface area contributed by atoms with E-state index in [4.69, 9.17) is 0 Å². The predicted octanol–water partition coefficient (Wildman–Crippen LogP) is 4.56. The summed E-state index contributed by atoms with van der Waals surface area (Å²) in [5.74, 6) is 0.253. The van der Waals surface area contributed by atoms with Gasteiger partial charge in [0.2, 0.25) is 5.91 Å². The van der Waals surface area contributed by atoms with Crippen molar-refractivity contribution >= 4 is 21.8 Å². The second kappa shape index (κ2) is 9.82. The highest BCUT2D eigenvalue weighted by atomic mass is 79.9. The average molecular weight is 318 g/mol. The lowest BCUT2D eigenvalue weighted by Gasteiger charge is -2.21. The molecule has 1 fully saturated rings. The van der Waals surface area contributed by atoms with Crippen molar-refractivity contribution in [2.45, 2.75) is 88.4 Å². The fraction of sp³-hybridized carbons (Fsp3) is 0.933. The standard InChI is InChI=1S/C15H28BrNO/c1-2-3-4-5-9-12-15(18)17-14-11-8-6-7-10-13(14)16/h13-14H,2-12H2,1H3,(H,17,18). The highest BCUT2D eigenvalue weighted by Crippen LogP contribution is 2.23. The molecule has 1 rings (SSSR count). The van der Waals surface area contributed by atoms with Gasteiger partial charge in [0.25, 0.3) is 0 Å². The lowest BCUT2D eigenvalue weighted by molar-refractivity contribution is -0.121. The van der Waals surface area contributed by atoms with Crippen molar-refractivity contribution in [3.8, 4) is 0 Å². The van der Waals surface area contributed by atoms with Crippen molar-refractivity contribution in [2.75, 3.05) is 0 Å². The summed E-state index contributed by atoms with van der Waals surface area (Å²) < 4.78 is 0. The lowest BCUT2D eigenvalue weighted by atomic mass is 10.1. The van der Waals surface area contributed by atoms with Gasteiger partial charge in [0, 0.05) is 17.3 Å². The molecular weight excluding hydrogens is 290 g/mol. The fourth-order valence-electron chi connectivity index (χ4n) is 2.59. The van der Waals surface area contributed by atoms with E-state index in [-0.39, 0.29) is 5.91 Å². The van der Waals surface area contributed by atoms with Crippen LogP contribution in [0, 0.1) is 0 Å². The van der Waals surface area contributed by atoms with Crippen molar-refractivity contribution in [3.05, 3.63) is 0 Å². The quantitative estimate of drug-likeness (QED) is 0.416. The van der Waals surface area contributed by atoms with E-state index in [0.29, 0.717) is 17.3 Å². The summed E-state index contributed by atoms with van der Waals surface area (Å²) >= 11 is 3.72. The zero-order valence-electron chi connectivity index (χ0n) is 11.7. The van der Waals surface area contributed by atoms with E-state index in [1.54, 1.807) is 0 Å². The van der Waals surface area contributed by atoms with Gasteiger partial charge in [0.15, 0.2) is 0 Å². The third-order valence-corrected chi connectivity index (χ3v) is 4.88. The molecule has 106 valence electrons. The lowest BCUT2D eigenvalue weighted by Crippen LogP contribution is -2.40. The maximum atomic E-state index is 11.9. The molecule has 2 atom stereocenters. The smallest absolute Gasteiger partial charge is 0.220 e. The number of carbonyl (C=O) groups is 1. The Balaban J connectivity index is 2.13. The summed E-state index contributed by atoms with van der Waals surface area (Å²) in [5, 5.41) is 3.21. The Kier molecular flexibility index (Phi) is 8.74. The van der Waals surface area contributed by atoms with Crippen molar-refractivity contribution < 1.29 is 4.79 Å². The summed E-state index contributed by atoms with van der Waals surface area (Å²) in [6.45, 7) is 2.22. The monoisotopic (exact) mass is 317 g/mol. The van der Waals surface area contributed by atoms with Crippen LogP contribution in [0.1, 0.15) is 77.6 Å². The largest absolute Gasteiger partial charge is 0.352 e. The molecule has 0 aromatic rings. The van der Waals surface area contributed by atoms with Crippen LogP contribution in [0.25, 0.3) is 0 Å². The van der Waals surface area contributed by atoms with Crippen molar-refractivity contribution in [2.24, 2.45) is 0 Å². The third kappa shape index (κ3) is 6.77. The predicted molar refractivity (Wildman–Crippen MR) is 81.1 cm³/mol. The van der Waals surface area contributed by atoms with E-state index >= 15 is 0 Å². The first-order valence-corrected chi connectivity index (χ1v) is 8.59. The third-order valence-electron chi connectivity index (χ3n) is 3.79. The molecule has 1 aliphatic rings. The maximum Gasteiger partial charge on any atom is 0.220 e. The zero-order valence-corrected chi connectivity index (χ0v) is 13.3. The number of hydrogen-bond acceptors (Lipinski definition) is 1. The molecule has 0 heterocycles. The number of alkyl halides is 1. The first-order chi connectivity index (χ1) is 8.74. The van der Waals surface area contributed by atoms with Gasteiger partial charge in [-0.15, -0.1) is 0 Å². The molecule has 18 heavy (non-hydrogen) atoms. The molecule has 1 saturated carbocycles. The number of amides is 1. The second-order valence-electron chi connectivity index (χ2n) is 5.49. The molecule has 2 unspecified atom stereocenters. The van der Waals surface area contributed by atoms with Crippen LogP contribution >= 0.6 is 15.9 Å². The summed E-state index contributed by atoms with van der Waals surface area (Å²) in [5.41, 5.74) is 0. The van der Waals surface area contributed by atoms with Crippen LogP contribution in [0.3, 0.4) is 0 Å². The normalized spacial score (nSPS) is 24.6. The van der Waals surface area contributed by atoms with Crippen LogP contribution in [0.5, 0.6) is 0 Å². The van der Waals surface area contributed by atoms with Crippen LogP contribution in [0.4, 0.5) is 0 Å². The molecule has 0 saturated heterocycles. The fourth-order valence-corrected chi connectivity index (χ4v) is 3.31. The molecular formula is C15H28BrNO. The van der Waals surface area contributed by atoms with Gasteiger partial charge >= 0.3 is 0 Å².